The largest absolute Gasteiger partial charge is 0.346 e. The number of nitrogens with zero attached hydrogens (tertiary/aromatic N) is 2. The Balaban J connectivity index is 2.12. The van der Waals surface area contributed by atoms with Gasteiger partial charge in [0.1, 0.15) is 5.65 Å². The van der Waals surface area contributed by atoms with Crippen molar-refractivity contribution in [2.45, 2.75) is 18.8 Å². The van der Waals surface area contributed by atoms with Crippen molar-refractivity contribution in [3.63, 3.8) is 0 Å². The molecule has 0 radical (unpaired) electrons. The molecule has 2 aromatic rings. The molecule has 3 rings (SSSR count). The number of likely N-dealkylation sites (tertiary alicyclic amines) is 1. The highest BCUT2D eigenvalue weighted by molar-refractivity contribution is 5.80. The standard InChI is InChI=1S/C13H17N3/c1-13(5-7-16(2)9-13)11-8-15-12-10(11)4-3-6-14-12/h3-4,6,8H,5,7,9H2,1-2H3,(H,14,15). The molecule has 0 amide bonds. The van der Waals surface area contributed by atoms with E-state index in [1.54, 1.807) is 0 Å². The molecule has 84 valence electrons. The van der Waals surface area contributed by atoms with Crippen LogP contribution in [0.25, 0.3) is 11.0 Å². The van der Waals surface area contributed by atoms with E-state index >= 15 is 0 Å². The molecule has 0 bridgehead atoms. The number of hydrogen-bond donors (Lipinski definition) is 1. The summed E-state index contributed by atoms with van der Waals surface area (Å²) < 4.78 is 0. The molecule has 0 spiro atoms. The van der Waals surface area contributed by atoms with Crippen LogP contribution < -0.4 is 0 Å². The van der Waals surface area contributed by atoms with Crippen LogP contribution in [0.1, 0.15) is 18.9 Å². The summed E-state index contributed by atoms with van der Waals surface area (Å²) in [5.41, 5.74) is 2.70. The third-order valence-corrected chi connectivity index (χ3v) is 3.77. The van der Waals surface area contributed by atoms with Gasteiger partial charge in [-0.05, 0) is 37.7 Å². The molecule has 2 aromatic heterocycles. The van der Waals surface area contributed by atoms with Gasteiger partial charge in [-0.2, -0.15) is 0 Å². The minimum Gasteiger partial charge on any atom is -0.346 e. The zero-order valence-corrected chi connectivity index (χ0v) is 9.83. The first-order chi connectivity index (χ1) is 7.69. The van der Waals surface area contributed by atoms with Gasteiger partial charge in [0.05, 0.1) is 0 Å². The monoisotopic (exact) mass is 215 g/mol. The Morgan fingerprint density at radius 3 is 3.12 bits per heavy atom. The first-order valence-corrected chi connectivity index (χ1v) is 5.80. The summed E-state index contributed by atoms with van der Waals surface area (Å²) >= 11 is 0. The zero-order valence-electron chi connectivity index (χ0n) is 9.83. The average molecular weight is 215 g/mol. The molecule has 1 saturated heterocycles. The molecule has 1 aliphatic rings. The fraction of sp³-hybridized carbons (Fsp3) is 0.462. The van der Waals surface area contributed by atoms with Crippen LogP contribution in [0, 0.1) is 0 Å². The second-order valence-corrected chi connectivity index (χ2v) is 5.15. The van der Waals surface area contributed by atoms with E-state index < -0.39 is 0 Å². The van der Waals surface area contributed by atoms with Crippen LogP contribution in [-0.2, 0) is 5.41 Å². The van der Waals surface area contributed by atoms with Crippen molar-refractivity contribution in [2.24, 2.45) is 0 Å². The Bertz CT molecular complexity index is 517. The molecule has 3 heterocycles. The van der Waals surface area contributed by atoms with Crippen LogP contribution in [0.5, 0.6) is 0 Å². The highest BCUT2D eigenvalue weighted by Gasteiger charge is 2.35. The first kappa shape index (κ1) is 9.85. The average Bonchev–Trinajstić information content (AvgIpc) is 2.83. The van der Waals surface area contributed by atoms with Crippen LogP contribution in [0.15, 0.2) is 24.5 Å². The first-order valence-electron chi connectivity index (χ1n) is 5.80. The lowest BCUT2D eigenvalue weighted by molar-refractivity contribution is 0.382. The van der Waals surface area contributed by atoms with Gasteiger partial charge < -0.3 is 9.88 Å². The molecule has 3 heteroatoms. The minimum absolute atomic E-state index is 0.274. The van der Waals surface area contributed by atoms with Crippen molar-refractivity contribution in [1.29, 1.82) is 0 Å². The van der Waals surface area contributed by atoms with Crippen molar-refractivity contribution in [1.82, 2.24) is 14.9 Å². The molecule has 0 aliphatic carbocycles. The van der Waals surface area contributed by atoms with Gasteiger partial charge in [0.25, 0.3) is 0 Å². The van der Waals surface area contributed by atoms with Crippen LogP contribution in [0.4, 0.5) is 0 Å². The number of fused-ring (bicyclic) bond motifs is 1. The summed E-state index contributed by atoms with van der Waals surface area (Å²) in [7, 11) is 2.19. The number of rotatable bonds is 1. The van der Waals surface area contributed by atoms with Crippen LogP contribution in [0.3, 0.4) is 0 Å². The molecular formula is C13H17N3. The Labute approximate surface area is 95.5 Å². The maximum Gasteiger partial charge on any atom is 0.137 e. The second-order valence-electron chi connectivity index (χ2n) is 5.15. The quantitative estimate of drug-likeness (QED) is 0.790. The van der Waals surface area contributed by atoms with Crippen molar-refractivity contribution in [2.75, 3.05) is 20.1 Å². The van der Waals surface area contributed by atoms with Crippen molar-refractivity contribution < 1.29 is 0 Å². The molecule has 0 saturated carbocycles. The molecule has 3 nitrogen and oxygen atoms in total. The Morgan fingerprint density at radius 1 is 1.50 bits per heavy atom. The minimum atomic E-state index is 0.274. The molecular weight excluding hydrogens is 198 g/mol. The Kier molecular flexibility index (Phi) is 2.04. The van der Waals surface area contributed by atoms with Gasteiger partial charge in [-0.3, -0.25) is 0 Å². The van der Waals surface area contributed by atoms with Gasteiger partial charge in [-0.25, -0.2) is 4.98 Å². The lowest BCUT2D eigenvalue weighted by Gasteiger charge is -2.23. The third-order valence-electron chi connectivity index (χ3n) is 3.77. The lowest BCUT2D eigenvalue weighted by atomic mass is 9.82. The molecule has 16 heavy (non-hydrogen) atoms. The van der Waals surface area contributed by atoms with Gasteiger partial charge in [-0.1, -0.05) is 6.92 Å². The van der Waals surface area contributed by atoms with Crippen molar-refractivity contribution in [3.8, 4) is 0 Å². The van der Waals surface area contributed by atoms with Crippen LogP contribution >= 0.6 is 0 Å². The molecule has 1 unspecified atom stereocenters. The predicted octanol–water partition coefficient (Wildman–Crippen LogP) is 2.16. The highest BCUT2D eigenvalue weighted by Crippen LogP contribution is 2.36. The topological polar surface area (TPSA) is 31.9 Å². The fourth-order valence-corrected chi connectivity index (χ4v) is 2.87. The van der Waals surface area contributed by atoms with Crippen LogP contribution in [0.2, 0.25) is 0 Å². The summed E-state index contributed by atoms with van der Waals surface area (Å²) in [5.74, 6) is 0. The number of H-pyrrole nitrogens is 1. The molecule has 0 aromatic carbocycles. The van der Waals surface area contributed by atoms with Gasteiger partial charge in [-0.15, -0.1) is 0 Å². The van der Waals surface area contributed by atoms with Gasteiger partial charge >= 0.3 is 0 Å². The van der Waals surface area contributed by atoms with E-state index in [2.05, 4.69) is 41.1 Å². The third kappa shape index (κ3) is 1.35. The molecule has 1 N–H and O–H groups in total. The lowest BCUT2D eigenvalue weighted by Crippen LogP contribution is -2.25. The normalized spacial score (nSPS) is 26.6. The summed E-state index contributed by atoms with van der Waals surface area (Å²) in [6, 6.07) is 4.18. The maximum atomic E-state index is 4.35. The van der Waals surface area contributed by atoms with E-state index in [0.29, 0.717) is 0 Å². The zero-order chi connectivity index (χ0) is 11.2. The fourth-order valence-electron chi connectivity index (χ4n) is 2.87. The van der Waals surface area contributed by atoms with E-state index in [1.165, 1.54) is 23.9 Å². The Hall–Kier alpha value is -1.35. The van der Waals surface area contributed by atoms with Crippen LogP contribution in [-0.4, -0.2) is 35.0 Å². The van der Waals surface area contributed by atoms with E-state index in [1.807, 2.05) is 12.3 Å². The molecule has 1 atom stereocenters. The van der Waals surface area contributed by atoms with Gasteiger partial charge in [0.2, 0.25) is 0 Å². The predicted molar refractivity (Wildman–Crippen MR) is 65.6 cm³/mol. The smallest absolute Gasteiger partial charge is 0.137 e. The summed E-state index contributed by atoms with van der Waals surface area (Å²) in [5, 5.41) is 1.28. The number of pyridine rings is 1. The number of aromatic amines is 1. The van der Waals surface area contributed by atoms with Crippen molar-refractivity contribution in [3.05, 3.63) is 30.1 Å². The SMILES string of the molecule is CN1CCC(C)(c2c[nH]c3ncccc23)C1. The summed E-state index contributed by atoms with van der Waals surface area (Å²) in [6.45, 7) is 4.67. The van der Waals surface area contributed by atoms with Crippen molar-refractivity contribution >= 4 is 11.0 Å². The second kappa shape index (κ2) is 3.32. The number of likely N-dealkylation sites (N-methyl/N-ethyl adjacent to an activating group) is 1. The van der Waals surface area contributed by atoms with E-state index in [-0.39, 0.29) is 5.41 Å². The highest BCUT2D eigenvalue weighted by atomic mass is 15.1. The summed E-state index contributed by atoms with van der Waals surface area (Å²) in [4.78, 5) is 10.0. The number of hydrogen-bond acceptors (Lipinski definition) is 2. The van der Waals surface area contributed by atoms with E-state index in [9.17, 15) is 0 Å². The van der Waals surface area contributed by atoms with Gasteiger partial charge in [0, 0.05) is 29.7 Å². The molecule has 1 fully saturated rings. The Morgan fingerprint density at radius 2 is 2.38 bits per heavy atom. The number of nitrogens with one attached hydrogen (secondary N) is 1. The molecule has 1 aliphatic heterocycles. The van der Waals surface area contributed by atoms with E-state index in [0.717, 1.165) is 12.2 Å². The number of aromatic nitrogens is 2. The van der Waals surface area contributed by atoms with E-state index in [4.69, 9.17) is 0 Å². The summed E-state index contributed by atoms with van der Waals surface area (Å²) in [6.07, 6.45) is 5.20. The van der Waals surface area contributed by atoms with Gasteiger partial charge in [0.15, 0.2) is 0 Å². The maximum absolute atomic E-state index is 4.35.